The molecule has 0 fully saturated rings. The van der Waals surface area contributed by atoms with Gasteiger partial charge in [-0.2, -0.15) is 4.98 Å². The highest BCUT2D eigenvalue weighted by Crippen LogP contribution is 2.32. The Kier molecular flexibility index (Phi) is 7.06. The van der Waals surface area contributed by atoms with Crippen molar-refractivity contribution in [3.05, 3.63) is 60.0 Å². The molecular weight excluding hydrogens is 384 g/mol. The molecule has 0 spiro atoms. The number of carbonyl (C=O) groups excluding carboxylic acids is 1. The number of ether oxygens (including phenoxy) is 3. The van der Waals surface area contributed by atoms with E-state index in [1.807, 2.05) is 37.3 Å². The summed E-state index contributed by atoms with van der Waals surface area (Å²) in [6, 6.07) is 15.0. The first-order valence-corrected chi connectivity index (χ1v) is 9.83. The third kappa shape index (κ3) is 4.79. The third-order valence-electron chi connectivity index (χ3n) is 5.08. The molecule has 0 unspecified atom stereocenters. The zero-order valence-electron chi connectivity index (χ0n) is 17.6. The maximum atomic E-state index is 12.8. The molecule has 0 aliphatic rings. The highest BCUT2D eigenvalue weighted by Gasteiger charge is 2.28. The molecule has 2 atom stereocenters. The van der Waals surface area contributed by atoms with Crippen LogP contribution in [0.5, 0.6) is 11.5 Å². The van der Waals surface area contributed by atoms with Crippen LogP contribution >= 0.6 is 0 Å². The summed E-state index contributed by atoms with van der Waals surface area (Å²) in [5, 5.41) is 3.98. The van der Waals surface area contributed by atoms with Gasteiger partial charge in [-0.25, -0.2) is 0 Å². The highest BCUT2D eigenvalue weighted by molar-refractivity contribution is 5.78. The molecular formula is C23H26N2O5. The third-order valence-corrected chi connectivity index (χ3v) is 5.08. The van der Waals surface area contributed by atoms with Crippen LogP contribution in [0.25, 0.3) is 11.4 Å². The first-order valence-electron chi connectivity index (χ1n) is 9.83. The van der Waals surface area contributed by atoms with E-state index < -0.39 is 0 Å². The summed E-state index contributed by atoms with van der Waals surface area (Å²) < 4.78 is 21.4. The number of rotatable bonds is 9. The molecule has 7 heteroatoms. The Morgan fingerprint density at radius 3 is 2.53 bits per heavy atom. The van der Waals surface area contributed by atoms with Crippen molar-refractivity contribution in [2.75, 3.05) is 14.2 Å². The molecule has 0 aliphatic carbocycles. The molecule has 0 bridgehead atoms. The Balaban J connectivity index is 1.72. The molecule has 0 N–H and O–H groups in total. The lowest BCUT2D eigenvalue weighted by atomic mass is 9.86. The zero-order chi connectivity index (χ0) is 21.5. The van der Waals surface area contributed by atoms with Crippen LogP contribution in [0.15, 0.2) is 53.1 Å². The van der Waals surface area contributed by atoms with Gasteiger partial charge in [0.05, 0.1) is 25.7 Å². The van der Waals surface area contributed by atoms with Gasteiger partial charge < -0.3 is 18.7 Å². The van der Waals surface area contributed by atoms with Gasteiger partial charge in [0.2, 0.25) is 5.82 Å². The van der Waals surface area contributed by atoms with Crippen LogP contribution in [0.3, 0.4) is 0 Å². The van der Waals surface area contributed by atoms with Crippen LogP contribution in [0.4, 0.5) is 0 Å². The van der Waals surface area contributed by atoms with Gasteiger partial charge in [0.1, 0.15) is 11.5 Å². The average molecular weight is 410 g/mol. The zero-order valence-corrected chi connectivity index (χ0v) is 17.6. The van der Waals surface area contributed by atoms with Crippen molar-refractivity contribution < 1.29 is 23.5 Å². The molecule has 158 valence electrons. The Morgan fingerprint density at radius 2 is 1.87 bits per heavy atom. The lowest BCUT2D eigenvalue weighted by molar-refractivity contribution is -0.149. The van der Waals surface area contributed by atoms with Crippen LogP contribution in [0.2, 0.25) is 0 Å². The van der Waals surface area contributed by atoms with Crippen molar-refractivity contribution in [1.82, 2.24) is 10.1 Å². The monoisotopic (exact) mass is 410 g/mol. The minimum Gasteiger partial charge on any atom is -0.497 e. The van der Waals surface area contributed by atoms with Crippen LogP contribution in [-0.4, -0.2) is 30.3 Å². The molecule has 1 heterocycles. The molecule has 30 heavy (non-hydrogen) atoms. The number of methoxy groups -OCH3 is 2. The van der Waals surface area contributed by atoms with Gasteiger partial charge >= 0.3 is 5.97 Å². The van der Waals surface area contributed by atoms with Crippen molar-refractivity contribution in [3.8, 4) is 22.9 Å². The Labute approximate surface area is 176 Å². The topological polar surface area (TPSA) is 83.7 Å². The first kappa shape index (κ1) is 21.4. The maximum Gasteiger partial charge on any atom is 0.314 e. The second-order valence-corrected chi connectivity index (χ2v) is 6.96. The Hall–Kier alpha value is -3.35. The fourth-order valence-electron chi connectivity index (χ4n) is 3.22. The summed E-state index contributed by atoms with van der Waals surface area (Å²) in [5.41, 5.74) is 1.59. The second-order valence-electron chi connectivity index (χ2n) is 6.96. The molecule has 3 aromatic rings. The van der Waals surface area contributed by atoms with Crippen LogP contribution in [0, 0.1) is 5.92 Å². The number of benzene rings is 2. The largest absolute Gasteiger partial charge is 0.497 e. The SMILES string of the molecule is CC[C@@H](C)[C@@H](C(=O)OCc1nc(-c2ccc(OC)cc2OC)no1)c1ccccc1. The molecule has 0 amide bonds. The molecule has 3 rings (SSSR count). The van der Waals surface area contributed by atoms with E-state index in [2.05, 4.69) is 17.1 Å². The highest BCUT2D eigenvalue weighted by atomic mass is 16.6. The van der Waals surface area contributed by atoms with E-state index >= 15 is 0 Å². The minimum atomic E-state index is -0.347. The minimum absolute atomic E-state index is 0.0932. The number of carbonyl (C=O) groups is 1. The molecule has 0 saturated carbocycles. The lowest BCUT2D eigenvalue weighted by Gasteiger charge is -2.21. The smallest absolute Gasteiger partial charge is 0.314 e. The van der Waals surface area contributed by atoms with Crippen LogP contribution < -0.4 is 9.47 Å². The van der Waals surface area contributed by atoms with Crippen molar-refractivity contribution in [2.24, 2.45) is 5.92 Å². The molecule has 0 aliphatic heterocycles. The first-order chi connectivity index (χ1) is 14.6. The van der Waals surface area contributed by atoms with E-state index in [1.165, 1.54) is 0 Å². The summed E-state index contributed by atoms with van der Waals surface area (Å²) in [6.45, 7) is 4.00. The fourth-order valence-corrected chi connectivity index (χ4v) is 3.22. The second kappa shape index (κ2) is 9.91. The van der Waals surface area contributed by atoms with Gasteiger partial charge in [0.25, 0.3) is 5.89 Å². The number of esters is 1. The van der Waals surface area contributed by atoms with Gasteiger partial charge in [-0.15, -0.1) is 0 Å². The lowest BCUT2D eigenvalue weighted by Crippen LogP contribution is -2.22. The quantitative estimate of drug-likeness (QED) is 0.476. The number of aromatic nitrogens is 2. The van der Waals surface area contributed by atoms with Gasteiger partial charge in [0.15, 0.2) is 6.61 Å². The molecule has 0 radical (unpaired) electrons. The number of hydrogen-bond acceptors (Lipinski definition) is 7. The Morgan fingerprint density at radius 1 is 1.10 bits per heavy atom. The van der Waals surface area contributed by atoms with E-state index in [1.54, 1.807) is 32.4 Å². The van der Waals surface area contributed by atoms with Gasteiger partial charge in [0, 0.05) is 6.07 Å². The molecule has 0 saturated heterocycles. The normalized spacial score (nSPS) is 12.8. The summed E-state index contributed by atoms with van der Waals surface area (Å²) in [4.78, 5) is 17.2. The Bertz CT molecular complexity index is 971. The standard InChI is InChI=1S/C23H26N2O5/c1-5-15(2)21(16-9-7-6-8-10-16)23(26)29-14-20-24-22(25-30-20)18-12-11-17(27-3)13-19(18)28-4/h6-13,15,21H,5,14H2,1-4H3/t15-,21-/m1/s1. The van der Waals surface area contributed by atoms with Crippen molar-refractivity contribution in [3.63, 3.8) is 0 Å². The summed E-state index contributed by atoms with van der Waals surface area (Å²) in [7, 11) is 3.14. The predicted octanol–water partition coefficient (Wildman–Crippen LogP) is 4.63. The maximum absolute atomic E-state index is 12.8. The molecule has 7 nitrogen and oxygen atoms in total. The molecule has 1 aromatic heterocycles. The predicted molar refractivity (Wildman–Crippen MR) is 111 cm³/mol. The van der Waals surface area contributed by atoms with Gasteiger partial charge in [-0.1, -0.05) is 55.8 Å². The fraction of sp³-hybridized carbons (Fsp3) is 0.348. The van der Waals surface area contributed by atoms with E-state index in [-0.39, 0.29) is 30.3 Å². The van der Waals surface area contributed by atoms with E-state index in [9.17, 15) is 4.79 Å². The van der Waals surface area contributed by atoms with E-state index in [0.717, 1.165) is 12.0 Å². The summed E-state index contributed by atoms with van der Waals surface area (Å²) >= 11 is 0. The number of hydrogen-bond donors (Lipinski definition) is 0. The average Bonchev–Trinajstić information content (AvgIpc) is 3.26. The van der Waals surface area contributed by atoms with Crippen molar-refractivity contribution >= 4 is 5.97 Å². The number of nitrogens with zero attached hydrogens (tertiary/aromatic N) is 2. The van der Waals surface area contributed by atoms with Gasteiger partial charge in [-0.3, -0.25) is 4.79 Å². The molecule has 2 aromatic carbocycles. The van der Waals surface area contributed by atoms with Crippen molar-refractivity contribution in [1.29, 1.82) is 0 Å². The van der Waals surface area contributed by atoms with E-state index in [0.29, 0.717) is 22.9 Å². The van der Waals surface area contributed by atoms with Gasteiger partial charge in [-0.05, 0) is 23.6 Å². The van der Waals surface area contributed by atoms with Crippen LogP contribution in [-0.2, 0) is 16.1 Å². The van der Waals surface area contributed by atoms with Crippen LogP contribution in [0.1, 0.15) is 37.6 Å². The summed E-state index contributed by atoms with van der Waals surface area (Å²) in [5.74, 6) is 1.26. The van der Waals surface area contributed by atoms with E-state index in [4.69, 9.17) is 18.7 Å². The summed E-state index contributed by atoms with van der Waals surface area (Å²) in [6.07, 6.45) is 0.858. The van der Waals surface area contributed by atoms with Crippen molar-refractivity contribution in [2.45, 2.75) is 32.8 Å².